The summed E-state index contributed by atoms with van der Waals surface area (Å²) in [5.41, 5.74) is 2.36. The Balaban J connectivity index is 1.79. The van der Waals surface area contributed by atoms with Gasteiger partial charge < -0.3 is 0 Å². The third kappa shape index (κ3) is 1.82. The van der Waals surface area contributed by atoms with Crippen molar-refractivity contribution < 1.29 is 0 Å². The zero-order chi connectivity index (χ0) is 11.0. The molecule has 0 unspecified atom stereocenters. The first-order chi connectivity index (χ1) is 7.84. The van der Waals surface area contributed by atoms with Gasteiger partial charge in [-0.05, 0) is 29.8 Å². The molecule has 0 aliphatic carbocycles. The van der Waals surface area contributed by atoms with E-state index in [0.717, 1.165) is 10.7 Å². The van der Waals surface area contributed by atoms with E-state index in [1.54, 1.807) is 0 Å². The van der Waals surface area contributed by atoms with Gasteiger partial charge in [0.15, 0.2) is 0 Å². The van der Waals surface area contributed by atoms with E-state index in [1.807, 2.05) is 36.5 Å². The van der Waals surface area contributed by atoms with Crippen molar-refractivity contribution in [3.05, 3.63) is 64.9 Å². The molecule has 2 nitrogen and oxygen atoms in total. The normalized spacial score (nSPS) is 23.1. The molecule has 16 heavy (non-hydrogen) atoms. The average Bonchev–Trinajstić information content (AvgIpc) is 3.11. The topological polar surface area (TPSA) is 34.8 Å². The number of aromatic nitrogens is 1. The van der Waals surface area contributed by atoms with Gasteiger partial charge in [0.2, 0.25) is 0 Å². The molecule has 0 radical (unpaired) electrons. The Labute approximate surface area is 99.3 Å². The average molecular weight is 231 g/mol. The largest absolute Gasteiger partial charge is 0.298 e. The van der Waals surface area contributed by atoms with E-state index in [2.05, 4.69) is 22.4 Å². The maximum absolute atomic E-state index is 5.86. The fourth-order valence-electron chi connectivity index (χ4n) is 1.91. The minimum atomic E-state index is 0.349. The van der Waals surface area contributed by atoms with E-state index in [1.165, 1.54) is 5.56 Å². The van der Waals surface area contributed by atoms with E-state index < -0.39 is 0 Å². The summed E-state index contributed by atoms with van der Waals surface area (Å²) in [6, 6.07) is 14.7. The Hall–Kier alpha value is -1.38. The van der Waals surface area contributed by atoms with Crippen LogP contribution in [0.3, 0.4) is 0 Å². The molecule has 1 aliphatic rings. The van der Waals surface area contributed by atoms with Crippen LogP contribution in [-0.2, 0) is 0 Å². The SMILES string of the molecule is Clc1ccc([C@H]2N[C@H]2c2ccccn2)cc1. The monoisotopic (exact) mass is 230 g/mol. The number of hydrogen-bond acceptors (Lipinski definition) is 2. The molecule has 0 bridgehead atoms. The summed E-state index contributed by atoms with van der Waals surface area (Å²) in [7, 11) is 0. The predicted octanol–water partition coefficient (Wildman–Crippen LogP) is 3.12. The summed E-state index contributed by atoms with van der Waals surface area (Å²) in [4.78, 5) is 4.35. The van der Waals surface area contributed by atoms with Crippen LogP contribution in [0.15, 0.2) is 48.7 Å². The summed E-state index contributed by atoms with van der Waals surface area (Å²) >= 11 is 5.86. The standard InChI is InChI=1S/C13H11ClN2/c14-10-6-4-9(5-7-10)12-13(16-12)11-3-1-2-8-15-11/h1-8,12-13,16H/t12-,13+/m1/s1. The first kappa shape index (κ1) is 9.82. The second-order valence-corrected chi connectivity index (χ2v) is 4.36. The summed E-state index contributed by atoms with van der Waals surface area (Å²) in [6.07, 6.45) is 1.83. The van der Waals surface area contributed by atoms with Crippen molar-refractivity contribution in [1.82, 2.24) is 10.3 Å². The van der Waals surface area contributed by atoms with Crippen LogP contribution >= 0.6 is 11.6 Å². The van der Waals surface area contributed by atoms with Crippen molar-refractivity contribution in [1.29, 1.82) is 0 Å². The Bertz CT molecular complexity index is 481. The Morgan fingerprint density at radius 1 is 1.00 bits per heavy atom. The van der Waals surface area contributed by atoms with Gasteiger partial charge in [0.1, 0.15) is 0 Å². The second-order valence-electron chi connectivity index (χ2n) is 3.93. The lowest BCUT2D eigenvalue weighted by Crippen LogP contribution is -1.87. The van der Waals surface area contributed by atoms with Crippen molar-refractivity contribution in [2.75, 3.05) is 0 Å². The summed E-state index contributed by atoms with van der Waals surface area (Å²) in [5.74, 6) is 0. The maximum Gasteiger partial charge on any atom is 0.0698 e. The summed E-state index contributed by atoms with van der Waals surface area (Å²) in [5, 5.41) is 4.19. The van der Waals surface area contributed by atoms with Crippen LogP contribution in [0.25, 0.3) is 0 Å². The fraction of sp³-hybridized carbons (Fsp3) is 0.154. The number of nitrogens with one attached hydrogen (secondary N) is 1. The smallest absolute Gasteiger partial charge is 0.0698 e. The highest BCUT2D eigenvalue weighted by atomic mass is 35.5. The molecule has 0 saturated carbocycles. The first-order valence-corrected chi connectivity index (χ1v) is 5.65. The zero-order valence-corrected chi connectivity index (χ0v) is 9.35. The number of rotatable bonds is 2. The van der Waals surface area contributed by atoms with E-state index in [9.17, 15) is 0 Å². The molecule has 80 valence electrons. The Morgan fingerprint density at radius 2 is 1.81 bits per heavy atom. The lowest BCUT2D eigenvalue weighted by molar-refractivity contribution is 0.962. The van der Waals surface area contributed by atoms with Gasteiger partial charge in [0, 0.05) is 11.2 Å². The van der Waals surface area contributed by atoms with Gasteiger partial charge in [0.05, 0.1) is 17.8 Å². The molecule has 1 aliphatic heterocycles. The minimum Gasteiger partial charge on any atom is -0.298 e. The molecular weight excluding hydrogens is 220 g/mol. The number of hydrogen-bond donors (Lipinski definition) is 1. The highest BCUT2D eigenvalue weighted by Gasteiger charge is 2.39. The van der Waals surface area contributed by atoms with Crippen molar-refractivity contribution in [2.45, 2.75) is 12.1 Å². The molecule has 3 rings (SSSR count). The second kappa shape index (κ2) is 3.89. The molecule has 0 spiro atoms. The van der Waals surface area contributed by atoms with Gasteiger partial charge in [-0.25, -0.2) is 0 Å². The highest BCUT2D eigenvalue weighted by molar-refractivity contribution is 6.30. The van der Waals surface area contributed by atoms with E-state index in [4.69, 9.17) is 11.6 Å². The molecule has 3 heteroatoms. The Morgan fingerprint density at radius 3 is 2.50 bits per heavy atom. The van der Waals surface area contributed by atoms with E-state index in [-0.39, 0.29) is 0 Å². The molecule has 0 amide bonds. The fourth-order valence-corrected chi connectivity index (χ4v) is 2.04. The third-order valence-corrected chi connectivity index (χ3v) is 3.07. The molecular formula is C13H11ClN2. The van der Waals surface area contributed by atoms with Gasteiger partial charge in [-0.1, -0.05) is 29.8 Å². The summed E-state index contributed by atoms with van der Waals surface area (Å²) < 4.78 is 0. The molecule has 1 aromatic heterocycles. The van der Waals surface area contributed by atoms with Crippen molar-refractivity contribution in [3.63, 3.8) is 0 Å². The molecule has 1 aromatic carbocycles. The highest BCUT2D eigenvalue weighted by Crippen LogP contribution is 2.41. The maximum atomic E-state index is 5.86. The van der Waals surface area contributed by atoms with Gasteiger partial charge in [0.25, 0.3) is 0 Å². The zero-order valence-electron chi connectivity index (χ0n) is 8.60. The van der Waals surface area contributed by atoms with Gasteiger partial charge in [-0.3, -0.25) is 10.3 Å². The lowest BCUT2D eigenvalue weighted by atomic mass is 10.1. The lowest BCUT2D eigenvalue weighted by Gasteiger charge is -1.98. The van der Waals surface area contributed by atoms with Gasteiger partial charge in [-0.2, -0.15) is 0 Å². The predicted molar refractivity (Wildman–Crippen MR) is 64.3 cm³/mol. The van der Waals surface area contributed by atoms with Crippen LogP contribution in [0, 0.1) is 0 Å². The third-order valence-electron chi connectivity index (χ3n) is 2.82. The minimum absolute atomic E-state index is 0.349. The van der Waals surface area contributed by atoms with E-state index >= 15 is 0 Å². The summed E-state index contributed by atoms with van der Waals surface area (Å²) in [6.45, 7) is 0. The van der Waals surface area contributed by atoms with Crippen LogP contribution in [0.1, 0.15) is 23.3 Å². The van der Waals surface area contributed by atoms with Crippen LogP contribution in [0.5, 0.6) is 0 Å². The first-order valence-electron chi connectivity index (χ1n) is 5.27. The molecule has 1 fully saturated rings. The number of halogens is 1. The van der Waals surface area contributed by atoms with E-state index in [0.29, 0.717) is 12.1 Å². The number of benzene rings is 1. The van der Waals surface area contributed by atoms with Crippen LogP contribution in [-0.4, -0.2) is 4.98 Å². The number of nitrogens with zero attached hydrogens (tertiary/aromatic N) is 1. The van der Waals surface area contributed by atoms with Crippen LogP contribution in [0.2, 0.25) is 5.02 Å². The van der Waals surface area contributed by atoms with Gasteiger partial charge in [-0.15, -0.1) is 0 Å². The molecule has 2 heterocycles. The molecule has 1 saturated heterocycles. The Kier molecular flexibility index (Phi) is 2.39. The number of pyridine rings is 1. The molecule has 2 aromatic rings. The van der Waals surface area contributed by atoms with Crippen LogP contribution < -0.4 is 5.32 Å². The van der Waals surface area contributed by atoms with Crippen molar-refractivity contribution in [3.8, 4) is 0 Å². The molecule has 2 atom stereocenters. The van der Waals surface area contributed by atoms with Crippen molar-refractivity contribution in [2.24, 2.45) is 0 Å². The van der Waals surface area contributed by atoms with Crippen molar-refractivity contribution >= 4 is 11.6 Å². The van der Waals surface area contributed by atoms with Gasteiger partial charge >= 0.3 is 0 Å². The molecule has 1 N–H and O–H groups in total. The quantitative estimate of drug-likeness (QED) is 0.805. The van der Waals surface area contributed by atoms with Crippen LogP contribution in [0.4, 0.5) is 0 Å².